The molecule has 1 aliphatic heterocycles. The van der Waals surface area contributed by atoms with Crippen LogP contribution in [-0.4, -0.2) is 34.2 Å². The topological polar surface area (TPSA) is 38.1 Å². The van der Waals surface area contributed by atoms with Crippen molar-refractivity contribution in [3.8, 4) is 0 Å². The van der Waals surface area contributed by atoms with Crippen molar-refractivity contribution in [2.75, 3.05) is 13.6 Å². The van der Waals surface area contributed by atoms with Gasteiger partial charge in [0.15, 0.2) is 0 Å². The summed E-state index contributed by atoms with van der Waals surface area (Å²) in [5, 5.41) is 5.38. The molecule has 4 nitrogen and oxygen atoms in total. The highest BCUT2D eigenvalue weighted by Crippen LogP contribution is 2.29. The summed E-state index contributed by atoms with van der Waals surface area (Å²) in [4.78, 5) is 13.3. The number of amides is 1. The molecule has 4 heteroatoms. The minimum absolute atomic E-state index is 0.237. The molecular weight excluding hydrogens is 214 g/mol. The second-order valence-electron chi connectivity index (χ2n) is 4.76. The van der Waals surface area contributed by atoms with Gasteiger partial charge < -0.3 is 4.90 Å². The fraction of sp³-hybridized carbons (Fsp3) is 0.385. The molecule has 1 amide bonds. The van der Waals surface area contributed by atoms with Gasteiger partial charge in [-0.1, -0.05) is 6.07 Å². The SMILES string of the molecule is CN1CC(c2ccc3c(cnn3C)c2)CC1=O. The highest BCUT2D eigenvalue weighted by atomic mass is 16.2. The second-order valence-corrected chi connectivity index (χ2v) is 4.76. The van der Waals surface area contributed by atoms with E-state index in [2.05, 4.69) is 23.3 Å². The van der Waals surface area contributed by atoms with Crippen LogP contribution in [0.1, 0.15) is 17.9 Å². The normalized spacial score (nSPS) is 20.5. The fourth-order valence-corrected chi connectivity index (χ4v) is 2.52. The van der Waals surface area contributed by atoms with Crippen molar-refractivity contribution in [3.05, 3.63) is 30.0 Å². The molecule has 0 bridgehead atoms. The van der Waals surface area contributed by atoms with E-state index in [1.807, 2.05) is 25.0 Å². The Hall–Kier alpha value is -1.84. The molecule has 0 saturated carbocycles. The zero-order valence-electron chi connectivity index (χ0n) is 10.1. The van der Waals surface area contributed by atoms with Gasteiger partial charge in [0.2, 0.25) is 5.91 Å². The molecule has 2 heterocycles. The van der Waals surface area contributed by atoms with Crippen molar-refractivity contribution < 1.29 is 4.79 Å². The van der Waals surface area contributed by atoms with Crippen molar-refractivity contribution in [2.24, 2.45) is 7.05 Å². The Morgan fingerprint density at radius 2 is 2.18 bits per heavy atom. The van der Waals surface area contributed by atoms with Crippen LogP contribution in [0.25, 0.3) is 10.9 Å². The third kappa shape index (κ3) is 1.60. The van der Waals surface area contributed by atoms with Crippen LogP contribution in [0.4, 0.5) is 0 Å². The average molecular weight is 229 g/mol. The minimum atomic E-state index is 0.237. The Bertz CT molecular complexity index is 587. The molecule has 2 aromatic rings. The number of nitrogens with zero attached hydrogens (tertiary/aromatic N) is 3. The van der Waals surface area contributed by atoms with E-state index >= 15 is 0 Å². The number of benzene rings is 1. The number of hydrogen-bond donors (Lipinski definition) is 0. The van der Waals surface area contributed by atoms with Crippen molar-refractivity contribution >= 4 is 16.8 Å². The zero-order chi connectivity index (χ0) is 12.0. The van der Waals surface area contributed by atoms with Gasteiger partial charge in [-0.05, 0) is 17.7 Å². The number of aryl methyl sites for hydroxylation is 1. The Labute approximate surface area is 99.8 Å². The van der Waals surface area contributed by atoms with E-state index < -0.39 is 0 Å². The Kier molecular flexibility index (Phi) is 2.18. The first kappa shape index (κ1) is 10.3. The minimum Gasteiger partial charge on any atom is -0.345 e. The standard InChI is InChI=1S/C13H15N3O/c1-15-8-11(6-13(15)17)9-3-4-12-10(5-9)7-14-16(12)2/h3-5,7,11H,6,8H2,1-2H3. The molecule has 1 saturated heterocycles. The summed E-state index contributed by atoms with van der Waals surface area (Å²) >= 11 is 0. The van der Waals surface area contributed by atoms with E-state index in [9.17, 15) is 4.79 Å². The Morgan fingerprint density at radius 3 is 2.88 bits per heavy atom. The van der Waals surface area contributed by atoms with E-state index in [-0.39, 0.29) is 5.91 Å². The van der Waals surface area contributed by atoms with Crippen molar-refractivity contribution in [1.29, 1.82) is 0 Å². The van der Waals surface area contributed by atoms with Gasteiger partial charge in [-0.15, -0.1) is 0 Å². The van der Waals surface area contributed by atoms with Crippen LogP contribution in [0.3, 0.4) is 0 Å². The molecular formula is C13H15N3O. The molecule has 88 valence electrons. The van der Waals surface area contributed by atoms with Gasteiger partial charge in [-0.3, -0.25) is 9.48 Å². The molecule has 0 radical (unpaired) electrons. The highest BCUT2D eigenvalue weighted by molar-refractivity contribution is 5.82. The summed E-state index contributed by atoms with van der Waals surface area (Å²) in [6.07, 6.45) is 2.50. The van der Waals surface area contributed by atoms with E-state index in [1.165, 1.54) is 5.56 Å². The Morgan fingerprint density at radius 1 is 1.35 bits per heavy atom. The maximum atomic E-state index is 11.5. The van der Waals surface area contributed by atoms with Crippen LogP contribution in [0.15, 0.2) is 24.4 Å². The number of likely N-dealkylation sites (N-methyl/N-ethyl adjacent to an activating group) is 1. The molecule has 3 rings (SSSR count). The monoisotopic (exact) mass is 229 g/mol. The van der Waals surface area contributed by atoms with Crippen LogP contribution >= 0.6 is 0 Å². The first-order valence-corrected chi connectivity index (χ1v) is 5.81. The Balaban J connectivity index is 1.99. The molecule has 1 unspecified atom stereocenters. The average Bonchev–Trinajstić information content (AvgIpc) is 2.84. The predicted octanol–water partition coefficient (Wildman–Crippen LogP) is 1.52. The van der Waals surface area contributed by atoms with Crippen LogP contribution in [-0.2, 0) is 11.8 Å². The number of carbonyl (C=O) groups excluding carboxylic acids is 1. The largest absolute Gasteiger partial charge is 0.345 e. The van der Waals surface area contributed by atoms with Crippen LogP contribution in [0, 0.1) is 0 Å². The van der Waals surface area contributed by atoms with Gasteiger partial charge in [-0.25, -0.2) is 0 Å². The van der Waals surface area contributed by atoms with Gasteiger partial charge in [-0.2, -0.15) is 5.10 Å². The fourth-order valence-electron chi connectivity index (χ4n) is 2.52. The highest BCUT2D eigenvalue weighted by Gasteiger charge is 2.27. The quantitative estimate of drug-likeness (QED) is 0.743. The molecule has 0 aliphatic carbocycles. The zero-order valence-corrected chi connectivity index (χ0v) is 10.1. The van der Waals surface area contributed by atoms with Gasteiger partial charge in [0.1, 0.15) is 0 Å². The molecule has 1 fully saturated rings. The number of aromatic nitrogens is 2. The summed E-state index contributed by atoms with van der Waals surface area (Å²) in [5.41, 5.74) is 2.37. The lowest BCUT2D eigenvalue weighted by molar-refractivity contribution is -0.126. The lowest BCUT2D eigenvalue weighted by Gasteiger charge is -2.10. The maximum absolute atomic E-state index is 11.5. The molecule has 1 atom stereocenters. The first-order valence-electron chi connectivity index (χ1n) is 5.81. The number of hydrogen-bond acceptors (Lipinski definition) is 2. The summed E-state index contributed by atoms with van der Waals surface area (Å²) in [6.45, 7) is 0.824. The summed E-state index contributed by atoms with van der Waals surface area (Å²) in [5.74, 6) is 0.568. The third-order valence-electron chi connectivity index (χ3n) is 3.58. The van der Waals surface area contributed by atoms with Crippen molar-refractivity contribution in [1.82, 2.24) is 14.7 Å². The smallest absolute Gasteiger partial charge is 0.223 e. The predicted molar refractivity (Wildman–Crippen MR) is 65.7 cm³/mol. The van der Waals surface area contributed by atoms with Crippen molar-refractivity contribution in [3.63, 3.8) is 0 Å². The van der Waals surface area contributed by atoms with Crippen LogP contribution in [0.2, 0.25) is 0 Å². The third-order valence-corrected chi connectivity index (χ3v) is 3.58. The number of carbonyl (C=O) groups is 1. The molecule has 1 aliphatic rings. The van der Waals surface area contributed by atoms with Gasteiger partial charge in [0.25, 0.3) is 0 Å². The number of fused-ring (bicyclic) bond motifs is 1. The molecule has 17 heavy (non-hydrogen) atoms. The van der Waals surface area contributed by atoms with E-state index in [0.717, 1.165) is 17.4 Å². The molecule has 1 aromatic carbocycles. The van der Waals surface area contributed by atoms with Gasteiger partial charge in [0, 0.05) is 38.4 Å². The molecule has 1 aromatic heterocycles. The lowest BCUT2D eigenvalue weighted by Crippen LogP contribution is -2.18. The number of rotatable bonds is 1. The molecule has 0 spiro atoms. The summed E-state index contributed by atoms with van der Waals surface area (Å²) in [6, 6.07) is 6.35. The van der Waals surface area contributed by atoms with E-state index in [4.69, 9.17) is 0 Å². The summed E-state index contributed by atoms with van der Waals surface area (Å²) in [7, 11) is 3.81. The first-order chi connectivity index (χ1) is 8.15. The second kappa shape index (κ2) is 3.58. The lowest BCUT2D eigenvalue weighted by atomic mass is 9.97. The van der Waals surface area contributed by atoms with E-state index in [0.29, 0.717) is 12.3 Å². The van der Waals surface area contributed by atoms with Gasteiger partial charge >= 0.3 is 0 Å². The van der Waals surface area contributed by atoms with Gasteiger partial charge in [0.05, 0.1) is 11.7 Å². The maximum Gasteiger partial charge on any atom is 0.223 e. The van der Waals surface area contributed by atoms with Crippen molar-refractivity contribution in [2.45, 2.75) is 12.3 Å². The van der Waals surface area contributed by atoms with Crippen LogP contribution in [0.5, 0.6) is 0 Å². The van der Waals surface area contributed by atoms with Crippen LogP contribution < -0.4 is 0 Å². The summed E-state index contributed by atoms with van der Waals surface area (Å²) < 4.78 is 1.87. The number of likely N-dealkylation sites (tertiary alicyclic amines) is 1. The molecule has 0 N–H and O–H groups in total. The van der Waals surface area contributed by atoms with E-state index in [1.54, 1.807) is 4.90 Å².